The van der Waals surface area contributed by atoms with Gasteiger partial charge in [0.1, 0.15) is 0 Å². The molecule has 0 saturated heterocycles. The number of unbranched alkanes of at least 4 members (excludes halogenated alkanes) is 4. The highest BCUT2D eigenvalue weighted by Crippen LogP contribution is 2.04. The first-order chi connectivity index (χ1) is 8.36. The minimum absolute atomic E-state index is 0.837. The first kappa shape index (κ1) is 14.2. The van der Waals surface area contributed by atoms with Gasteiger partial charge in [0, 0.05) is 19.3 Å². The van der Waals surface area contributed by atoms with Crippen molar-refractivity contribution < 1.29 is 0 Å². The van der Waals surface area contributed by atoms with Crippen LogP contribution in [0.1, 0.15) is 58.1 Å². The van der Waals surface area contributed by atoms with Gasteiger partial charge in [-0.1, -0.05) is 44.7 Å². The first-order valence-electron chi connectivity index (χ1n) is 6.96. The van der Waals surface area contributed by atoms with E-state index in [1.54, 1.807) is 0 Å². The Bertz CT molecular complexity index is 283. The Kier molecular flexibility index (Phi) is 7.63. The SMILES string of the molecule is CCCCCCCn1cc(CNCCC)nn1. The molecule has 1 heterocycles. The number of nitrogens with zero attached hydrogens (tertiary/aromatic N) is 3. The van der Waals surface area contributed by atoms with Crippen LogP contribution in [0.25, 0.3) is 0 Å². The van der Waals surface area contributed by atoms with Crippen molar-refractivity contribution in [1.82, 2.24) is 20.3 Å². The summed E-state index contributed by atoms with van der Waals surface area (Å²) in [5, 5.41) is 11.6. The second-order valence-electron chi connectivity index (χ2n) is 4.56. The summed E-state index contributed by atoms with van der Waals surface area (Å²) in [5.41, 5.74) is 1.05. The minimum atomic E-state index is 0.837. The average Bonchev–Trinajstić information content (AvgIpc) is 2.77. The predicted molar refractivity (Wildman–Crippen MR) is 70.8 cm³/mol. The standard InChI is InChI=1S/C13H26N4/c1-3-5-6-7-8-10-17-12-13(15-16-17)11-14-9-4-2/h12,14H,3-11H2,1-2H3. The van der Waals surface area contributed by atoms with E-state index in [-0.39, 0.29) is 0 Å². The molecular weight excluding hydrogens is 212 g/mol. The third kappa shape index (κ3) is 6.41. The minimum Gasteiger partial charge on any atom is -0.311 e. The summed E-state index contributed by atoms with van der Waals surface area (Å²) in [4.78, 5) is 0. The molecule has 4 heteroatoms. The first-order valence-corrected chi connectivity index (χ1v) is 6.96. The molecule has 0 atom stereocenters. The van der Waals surface area contributed by atoms with Gasteiger partial charge in [0.15, 0.2) is 0 Å². The van der Waals surface area contributed by atoms with E-state index in [0.717, 1.165) is 31.7 Å². The maximum Gasteiger partial charge on any atom is 0.0964 e. The molecule has 0 spiro atoms. The van der Waals surface area contributed by atoms with E-state index < -0.39 is 0 Å². The molecule has 1 N–H and O–H groups in total. The van der Waals surface area contributed by atoms with E-state index in [9.17, 15) is 0 Å². The van der Waals surface area contributed by atoms with Crippen LogP contribution >= 0.6 is 0 Å². The van der Waals surface area contributed by atoms with Gasteiger partial charge in [0.2, 0.25) is 0 Å². The van der Waals surface area contributed by atoms with Crippen LogP contribution in [-0.4, -0.2) is 21.5 Å². The largest absolute Gasteiger partial charge is 0.311 e. The summed E-state index contributed by atoms with van der Waals surface area (Å²) in [5.74, 6) is 0. The van der Waals surface area contributed by atoms with Crippen molar-refractivity contribution in [3.63, 3.8) is 0 Å². The molecule has 0 radical (unpaired) electrons. The Morgan fingerprint density at radius 1 is 1.12 bits per heavy atom. The van der Waals surface area contributed by atoms with E-state index in [0.29, 0.717) is 0 Å². The van der Waals surface area contributed by atoms with Gasteiger partial charge in [-0.3, -0.25) is 4.68 Å². The van der Waals surface area contributed by atoms with Crippen LogP contribution in [0.4, 0.5) is 0 Å². The lowest BCUT2D eigenvalue weighted by molar-refractivity contribution is 0.521. The van der Waals surface area contributed by atoms with Crippen molar-refractivity contribution in [3.05, 3.63) is 11.9 Å². The molecule has 0 aromatic carbocycles. The van der Waals surface area contributed by atoms with Gasteiger partial charge in [0.25, 0.3) is 0 Å². The lowest BCUT2D eigenvalue weighted by atomic mass is 10.1. The maximum atomic E-state index is 4.15. The molecule has 0 saturated carbocycles. The Labute approximate surface area is 105 Å². The number of hydrogen-bond donors (Lipinski definition) is 1. The molecule has 1 aromatic heterocycles. The highest BCUT2D eigenvalue weighted by molar-refractivity contribution is 4.91. The third-order valence-electron chi connectivity index (χ3n) is 2.81. The molecule has 98 valence electrons. The Morgan fingerprint density at radius 2 is 1.94 bits per heavy atom. The lowest BCUT2D eigenvalue weighted by Crippen LogP contribution is -2.13. The van der Waals surface area contributed by atoms with Gasteiger partial charge < -0.3 is 5.32 Å². The second kappa shape index (κ2) is 9.16. The summed E-state index contributed by atoms with van der Waals surface area (Å²) in [6.07, 6.45) is 9.73. The fourth-order valence-corrected chi connectivity index (χ4v) is 1.80. The predicted octanol–water partition coefficient (Wildman–Crippen LogP) is 2.75. The van der Waals surface area contributed by atoms with Crippen LogP contribution in [-0.2, 0) is 13.1 Å². The molecule has 0 aliphatic carbocycles. The zero-order chi connectivity index (χ0) is 12.3. The summed E-state index contributed by atoms with van der Waals surface area (Å²) in [6.45, 7) is 7.30. The number of aryl methyl sites for hydroxylation is 1. The molecule has 0 unspecified atom stereocenters. The zero-order valence-corrected chi connectivity index (χ0v) is 11.3. The van der Waals surface area contributed by atoms with E-state index in [1.807, 2.05) is 4.68 Å². The highest BCUT2D eigenvalue weighted by atomic mass is 15.4. The molecule has 0 amide bonds. The van der Waals surface area contributed by atoms with Crippen LogP contribution < -0.4 is 5.32 Å². The Morgan fingerprint density at radius 3 is 2.71 bits per heavy atom. The number of aromatic nitrogens is 3. The monoisotopic (exact) mass is 238 g/mol. The molecule has 17 heavy (non-hydrogen) atoms. The Balaban J connectivity index is 2.12. The van der Waals surface area contributed by atoms with E-state index in [2.05, 4.69) is 35.7 Å². The van der Waals surface area contributed by atoms with Crippen LogP contribution in [0.5, 0.6) is 0 Å². The fourth-order valence-electron chi connectivity index (χ4n) is 1.80. The quantitative estimate of drug-likeness (QED) is 0.637. The molecule has 1 rings (SSSR count). The summed E-state index contributed by atoms with van der Waals surface area (Å²) in [6, 6.07) is 0. The van der Waals surface area contributed by atoms with E-state index in [4.69, 9.17) is 0 Å². The summed E-state index contributed by atoms with van der Waals surface area (Å²) < 4.78 is 1.97. The van der Waals surface area contributed by atoms with Gasteiger partial charge in [-0.2, -0.15) is 0 Å². The number of rotatable bonds is 10. The van der Waals surface area contributed by atoms with Crippen molar-refractivity contribution in [2.45, 2.75) is 65.5 Å². The topological polar surface area (TPSA) is 42.7 Å². The summed E-state index contributed by atoms with van der Waals surface area (Å²) >= 11 is 0. The van der Waals surface area contributed by atoms with Crippen molar-refractivity contribution in [2.75, 3.05) is 6.54 Å². The maximum absolute atomic E-state index is 4.15. The van der Waals surface area contributed by atoms with Gasteiger partial charge >= 0.3 is 0 Å². The molecule has 1 aromatic rings. The molecule has 4 nitrogen and oxygen atoms in total. The molecule has 0 aliphatic rings. The van der Waals surface area contributed by atoms with Crippen molar-refractivity contribution >= 4 is 0 Å². The fraction of sp³-hybridized carbons (Fsp3) is 0.846. The van der Waals surface area contributed by atoms with Crippen LogP contribution in [0.3, 0.4) is 0 Å². The van der Waals surface area contributed by atoms with E-state index in [1.165, 1.54) is 32.1 Å². The Hall–Kier alpha value is -0.900. The van der Waals surface area contributed by atoms with Crippen LogP contribution in [0.15, 0.2) is 6.20 Å². The lowest BCUT2D eigenvalue weighted by Gasteiger charge is -2.00. The summed E-state index contributed by atoms with van der Waals surface area (Å²) in [7, 11) is 0. The van der Waals surface area contributed by atoms with E-state index >= 15 is 0 Å². The zero-order valence-electron chi connectivity index (χ0n) is 11.3. The average molecular weight is 238 g/mol. The van der Waals surface area contributed by atoms with Crippen molar-refractivity contribution in [3.8, 4) is 0 Å². The molecule has 0 bridgehead atoms. The van der Waals surface area contributed by atoms with Crippen LogP contribution in [0, 0.1) is 0 Å². The van der Waals surface area contributed by atoms with Gasteiger partial charge in [-0.05, 0) is 19.4 Å². The van der Waals surface area contributed by atoms with Crippen molar-refractivity contribution in [1.29, 1.82) is 0 Å². The molecule has 0 fully saturated rings. The molecular formula is C13H26N4. The number of nitrogens with one attached hydrogen (secondary N) is 1. The van der Waals surface area contributed by atoms with Gasteiger partial charge in [-0.15, -0.1) is 5.10 Å². The number of hydrogen-bond acceptors (Lipinski definition) is 3. The van der Waals surface area contributed by atoms with Gasteiger partial charge in [-0.25, -0.2) is 0 Å². The smallest absolute Gasteiger partial charge is 0.0964 e. The van der Waals surface area contributed by atoms with Crippen molar-refractivity contribution in [2.24, 2.45) is 0 Å². The normalized spacial score (nSPS) is 10.9. The second-order valence-corrected chi connectivity index (χ2v) is 4.56. The third-order valence-corrected chi connectivity index (χ3v) is 2.81. The highest BCUT2D eigenvalue weighted by Gasteiger charge is 1.99. The van der Waals surface area contributed by atoms with Crippen LogP contribution in [0.2, 0.25) is 0 Å². The van der Waals surface area contributed by atoms with Gasteiger partial charge in [0.05, 0.1) is 5.69 Å². The molecule has 0 aliphatic heterocycles.